The van der Waals surface area contributed by atoms with E-state index in [1.54, 1.807) is 31.2 Å². The molecule has 0 unspecified atom stereocenters. The van der Waals surface area contributed by atoms with Gasteiger partial charge in [0.25, 0.3) is 0 Å². The van der Waals surface area contributed by atoms with E-state index < -0.39 is 5.54 Å². The van der Waals surface area contributed by atoms with E-state index in [1.165, 1.54) is 6.92 Å². The Morgan fingerprint density at radius 1 is 1.19 bits per heavy atom. The molecule has 1 aliphatic heterocycles. The molecule has 0 bridgehead atoms. The van der Waals surface area contributed by atoms with Crippen molar-refractivity contribution in [3.05, 3.63) is 24.3 Å². The summed E-state index contributed by atoms with van der Waals surface area (Å²) in [7, 11) is 0. The van der Waals surface area contributed by atoms with Crippen LogP contribution in [0.3, 0.4) is 0 Å². The summed E-state index contributed by atoms with van der Waals surface area (Å²) in [5.74, 6) is -0.596. The zero-order valence-electron chi connectivity index (χ0n) is 16.3. The van der Waals surface area contributed by atoms with E-state index in [4.69, 9.17) is 4.74 Å². The number of anilines is 2. The van der Waals surface area contributed by atoms with Crippen molar-refractivity contribution in [3.8, 4) is 0 Å². The second kappa shape index (κ2) is 9.50. The van der Waals surface area contributed by atoms with Crippen LogP contribution in [0.4, 0.5) is 11.4 Å². The van der Waals surface area contributed by atoms with Gasteiger partial charge in [-0.3, -0.25) is 19.3 Å². The van der Waals surface area contributed by atoms with Gasteiger partial charge in [0, 0.05) is 18.3 Å². The van der Waals surface area contributed by atoms with Crippen LogP contribution in [0.25, 0.3) is 0 Å². The molecule has 0 aliphatic carbocycles. The summed E-state index contributed by atoms with van der Waals surface area (Å²) < 4.78 is 5.31. The lowest BCUT2D eigenvalue weighted by atomic mass is 9.90. The van der Waals surface area contributed by atoms with Gasteiger partial charge in [-0.1, -0.05) is 19.4 Å². The largest absolute Gasteiger partial charge is 0.465 e. The lowest BCUT2D eigenvalue weighted by Gasteiger charge is -2.35. The number of carbonyl (C=O) groups is 3. The molecule has 148 valence electrons. The first-order valence-electron chi connectivity index (χ1n) is 9.51. The Morgan fingerprint density at radius 2 is 1.89 bits per heavy atom. The van der Waals surface area contributed by atoms with Crippen molar-refractivity contribution in [2.45, 2.75) is 52.0 Å². The minimum absolute atomic E-state index is 0.128. The van der Waals surface area contributed by atoms with Gasteiger partial charge in [-0.25, -0.2) is 0 Å². The molecule has 0 radical (unpaired) electrons. The quantitative estimate of drug-likeness (QED) is 0.682. The van der Waals surface area contributed by atoms with Gasteiger partial charge < -0.3 is 15.4 Å². The second-order valence-corrected chi connectivity index (χ2v) is 6.84. The van der Waals surface area contributed by atoms with Crippen LogP contribution in [-0.4, -0.2) is 47.9 Å². The van der Waals surface area contributed by atoms with E-state index in [9.17, 15) is 14.4 Å². The highest BCUT2D eigenvalue weighted by atomic mass is 16.5. The summed E-state index contributed by atoms with van der Waals surface area (Å²) in [5.41, 5.74) is 0.510. The maximum Gasteiger partial charge on any atom is 0.326 e. The van der Waals surface area contributed by atoms with Crippen LogP contribution in [0, 0.1) is 0 Å². The molecule has 2 amide bonds. The monoisotopic (exact) mass is 375 g/mol. The molecule has 1 heterocycles. The lowest BCUT2D eigenvalue weighted by Crippen LogP contribution is -2.53. The van der Waals surface area contributed by atoms with Crippen molar-refractivity contribution in [2.24, 2.45) is 0 Å². The minimum Gasteiger partial charge on any atom is -0.465 e. The van der Waals surface area contributed by atoms with E-state index in [0.717, 1.165) is 12.8 Å². The van der Waals surface area contributed by atoms with Gasteiger partial charge >= 0.3 is 5.97 Å². The molecule has 7 heteroatoms. The third kappa shape index (κ3) is 5.29. The number of nitrogens with one attached hydrogen (secondary N) is 2. The van der Waals surface area contributed by atoms with Gasteiger partial charge in [0.1, 0.15) is 5.54 Å². The van der Waals surface area contributed by atoms with Crippen LogP contribution in [0.2, 0.25) is 0 Å². The Balaban J connectivity index is 2.07. The van der Waals surface area contributed by atoms with Crippen LogP contribution >= 0.6 is 0 Å². The summed E-state index contributed by atoms with van der Waals surface area (Å²) in [6.45, 7) is 6.42. The molecule has 2 N–H and O–H groups in total. The molecule has 27 heavy (non-hydrogen) atoms. The third-order valence-corrected chi connectivity index (χ3v) is 4.74. The normalized spacial score (nSPS) is 19.5. The summed E-state index contributed by atoms with van der Waals surface area (Å²) in [6, 6.07) is 6.98. The summed E-state index contributed by atoms with van der Waals surface area (Å²) in [4.78, 5) is 38.3. The molecule has 7 nitrogen and oxygen atoms in total. The minimum atomic E-state index is -0.708. The lowest BCUT2D eigenvalue weighted by molar-refractivity contribution is -0.157. The first-order chi connectivity index (χ1) is 12.9. The molecule has 0 aromatic heterocycles. The van der Waals surface area contributed by atoms with Gasteiger partial charge in [0.15, 0.2) is 0 Å². The Morgan fingerprint density at radius 3 is 2.52 bits per heavy atom. The van der Waals surface area contributed by atoms with Crippen LogP contribution in [0.15, 0.2) is 24.3 Å². The maximum atomic E-state index is 12.6. The van der Waals surface area contributed by atoms with Crippen molar-refractivity contribution in [3.63, 3.8) is 0 Å². The number of nitrogens with zero attached hydrogens (tertiary/aromatic N) is 1. The molecule has 1 aromatic rings. The van der Waals surface area contributed by atoms with Crippen LogP contribution < -0.4 is 10.6 Å². The third-order valence-electron chi connectivity index (χ3n) is 4.74. The van der Waals surface area contributed by atoms with Gasteiger partial charge in [0.2, 0.25) is 11.8 Å². The van der Waals surface area contributed by atoms with Crippen molar-refractivity contribution in [1.82, 2.24) is 4.90 Å². The van der Waals surface area contributed by atoms with Gasteiger partial charge in [-0.2, -0.15) is 0 Å². The summed E-state index contributed by atoms with van der Waals surface area (Å²) in [5, 5.41) is 5.54. The predicted octanol–water partition coefficient (Wildman–Crippen LogP) is 2.78. The van der Waals surface area contributed by atoms with Crippen LogP contribution in [0.5, 0.6) is 0 Å². The fourth-order valence-electron chi connectivity index (χ4n) is 3.71. The maximum absolute atomic E-state index is 12.6. The summed E-state index contributed by atoms with van der Waals surface area (Å²) >= 11 is 0. The highest BCUT2D eigenvalue weighted by Crippen LogP contribution is 2.34. The SMILES string of the molecule is CCC[C@@]1(C(=O)OCC)CCCN1CC(=O)Nc1cccc(NC(C)=O)c1. The number of hydrogen-bond acceptors (Lipinski definition) is 5. The van der Waals surface area contributed by atoms with E-state index in [1.807, 2.05) is 11.8 Å². The molecule has 2 rings (SSSR count). The summed E-state index contributed by atoms with van der Waals surface area (Å²) in [6.07, 6.45) is 3.10. The van der Waals surface area contributed by atoms with Crippen LogP contribution in [0.1, 0.15) is 46.5 Å². The van der Waals surface area contributed by atoms with Crippen molar-refractivity contribution in [2.75, 3.05) is 30.3 Å². The topological polar surface area (TPSA) is 87.7 Å². The number of hydrogen-bond donors (Lipinski definition) is 2. The molecule has 1 atom stereocenters. The van der Waals surface area contributed by atoms with Crippen molar-refractivity contribution < 1.29 is 19.1 Å². The molecule has 1 aromatic carbocycles. The highest BCUT2D eigenvalue weighted by molar-refractivity contribution is 5.95. The molecule has 0 saturated carbocycles. The van der Waals surface area contributed by atoms with E-state index >= 15 is 0 Å². The number of carbonyl (C=O) groups excluding carboxylic acids is 3. The Labute approximate surface area is 160 Å². The van der Waals surface area contributed by atoms with Crippen LogP contribution in [-0.2, 0) is 19.1 Å². The fourth-order valence-corrected chi connectivity index (χ4v) is 3.71. The Bertz CT molecular complexity index is 692. The Kier molecular flexibility index (Phi) is 7.36. The Hall–Kier alpha value is -2.41. The van der Waals surface area contributed by atoms with Gasteiger partial charge in [0.05, 0.1) is 13.2 Å². The number of likely N-dealkylation sites (tertiary alicyclic amines) is 1. The number of esters is 1. The van der Waals surface area contributed by atoms with Gasteiger partial charge in [-0.15, -0.1) is 0 Å². The number of benzene rings is 1. The molecular weight excluding hydrogens is 346 g/mol. The highest BCUT2D eigenvalue weighted by Gasteiger charge is 2.48. The first kappa shape index (κ1) is 20.9. The zero-order valence-corrected chi connectivity index (χ0v) is 16.3. The number of ether oxygens (including phenoxy) is 1. The number of amides is 2. The standard InChI is InChI=1S/C20H29N3O4/c1-4-10-20(19(26)27-5-2)11-7-12-23(20)14-18(25)22-17-9-6-8-16(13-17)21-15(3)24/h6,8-9,13H,4-5,7,10-12,14H2,1-3H3,(H,21,24)(H,22,25)/t20-/m0/s1. The second-order valence-electron chi connectivity index (χ2n) is 6.84. The first-order valence-corrected chi connectivity index (χ1v) is 9.51. The van der Waals surface area contributed by atoms with E-state index in [2.05, 4.69) is 10.6 Å². The average molecular weight is 375 g/mol. The molecule has 1 aliphatic rings. The zero-order chi connectivity index (χ0) is 19.9. The molecule has 1 saturated heterocycles. The molecule has 1 fully saturated rings. The molecule has 0 spiro atoms. The van der Waals surface area contributed by atoms with E-state index in [-0.39, 0.29) is 24.3 Å². The van der Waals surface area contributed by atoms with Gasteiger partial charge in [-0.05, 0) is 50.9 Å². The number of rotatable bonds is 8. The average Bonchev–Trinajstić information content (AvgIpc) is 2.98. The fraction of sp³-hybridized carbons (Fsp3) is 0.550. The van der Waals surface area contributed by atoms with Crippen molar-refractivity contribution >= 4 is 29.2 Å². The molecular formula is C20H29N3O4. The smallest absolute Gasteiger partial charge is 0.326 e. The predicted molar refractivity (Wildman–Crippen MR) is 104 cm³/mol. The van der Waals surface area contributed by atoms with Crippen molar-refractivity contribution in [1.29, 1.82) is 0 Å². The van der Waals surface area contributed by atoms with E-state index in [0.29, 0.717) is 37.4 Å².